The number of aliphatic imine (C=N–C) groups is 1. The monoisotopic (exact) mass is 239 g/mol. The van der Waals surface area contributed by atoms with Crippen molar-refractivity contribution in [3.8, 4) is 0 Å². The second-order valence-electron chi connectivity index (χ2n) is 4.84. The fourth-order valence-electron chi connectivity index (χ4n) is 2.37. The zero-order chi connectivity index (χ0) is 12.5. The van der Waals surface area contributed by atoms with Crippen LogP contribution in [-0.4, -0.2) is 5.84 Å². The van der Waals surface area contributed by atoms with Crippen LogP contribution < -0.4 is 11.3 Å². The van der Waals surface area contributed by atoms with E-state index in [-0.39, 0.29) is 0 Å². The number of hydrogen-bond donors (Lipinski definition) is 2. The zero-order valence-electron chi connectivity index (χ0n) is 10.5. The van der Waals surface area contributed by atoms with E-state index in [0.717, 1.165) is 17.4 Å². The fourth-order valence-corrected chi connectivity index (χ4v) is 2.37. The first-order chi connectivity index (χ1) is 8.79. The van der Waals surface area contributed by atoms with Gasteiger partial charge >= 0.3 is 0 Å². The summed E-state index contributed by atoms with van der Waals surface area (Å²) in [5, 5.41) is 2.53. The Balaban J connectivity index is 2.19. The van der Waals surface area contributed by atoms with Gasteiger partial charge in [0.2, 0.25) is 0 Å². The number of amidine groups is 1. The molecule has 0 amide bonds. The summed E-state index contributed by atoms with van der Waals surface area (Å²) in [5.74, 6) is 6.84. The van der Waals surface area contributed by atoms with E-state index in [2.05, 4.69) is 46.8 Å². The van der Waals surface area contributed by atoms with E-state index in [1.54, 1.807) is 0 Å². The summed E-state index contributed by atoms with van der Waals surface area (Å²) in [6.45, 7) is 1.86. The minimum Gasteiger partial charge on any atom is -0.312 e. The van der Waals surface area contributed by atoms with Crippen molar-refractivity contribution in [2.24, 2.45) is 10.8 Å². The Morgan fingerprint density at radius 2 is 1.89 bits per heavy atom. The smallest absolute Gasteiger partial charge is 0.113 e. The highest BCUT2D eigenvalue weighted by Crippen LogP contribution is 2.44. The topological polar surface area (TPSA) is 50.4 Å². The van der Waals surface area contributed by atoms with Gasteiger partial charge in [-0.2, -0.15) is 0 Å². The summed E-state index contributed by atoms with van der Waals surface area (Å²) in [4.78, 5) is 4.51. The lowest BCUT2D eigenvalue weighted by Crippen LogP contribution is -2.27. The molecular weight excluding hydrogens is 222 g/mol. The third kappa shape index (κ3) is 1.97. The predicted molar refractivity (Wildman–Crippen MR) is 76.0 cm³/mol. The van der Waals surface area contributed by atoms with E-state index in [4.69, 9.17) is 5.84 Å². The number of benzene rings is 2. The van der Waals surface area contributed by atoms with Gasteiger partial charge in [-0.25, -0.2) is 10.8 Å². The molecule has 18 heavy (non-hydrogen) atoms. The number of hydrazine groups is 1. The molecule has 2 aromatic rings. The molecular formula is C15H17N3. The van der Waals surface area contributed by atoms with Crippen molar-refractivity contribution in [3.63, 3.8) is 0 Å². The maximum atomic E-state index is 5.37. The van der Waals surface area contributed by atoms with Gasteiger partial charge in [-0.3, -0.25) is 0 Å². The first-order valence-electron chi connectivity index (χ1n) is 6.33. The van der Waals surface area contributed by atoms with Gasteiger partial charge in [-0.15, -0.1) is 0 Å². The molecule has 2 aromatic carbocycles. The normalized spacial score (nSPS) is 16.0. The molecule has 92 valence electrons. The van der Waals surface area contributed by atoms with Crippen molar-refractivity contribution < 1.29 is 0 Å². The van der Waals surface area contributed by atoms with Crippen LogP contribution in [0.25, 0.3) is 10.8 Å². The van der Waals surface area contributed by atoms with Crippen LogP contribution in [0, 0.1) is 0 Å². The number of fused-ring (bicyclic) bond motifs is 1. The summed E-state index contributed by atoms with van der Waals surface area (Å²) < 4.78 is 0. The van der Waals surface area contributed by atoms with E-state index in [1.807, 2.05) is 6.92 Å². The fraction of sp³-hybridized carbons (Fsp3) is 0.267. The molecule has 0 atom stereocenters. The van der Waals surface area contributed by atoms with E-state index < -0.39 is 0 Å². The summed E-state index contributed by atoms with van der Waals surface area (Å²) in [7, 11) is 0. The third-order valence-electron chi connectivity index (χ3n) is 3.45. The van der Waals surface area contributed by atoms with Crippen molar-refractivity contribution in [3.05, 3.63) is 42.0 Å². The zero-order valence-corrected chi connectivity index (χ0v) is 10.5. The largest absolute Gasteiger partial charge is 0.312 e. The molecule has 3 nitrogen and oxygen atoms in total. The Morgan fingerprint density at radius 3 is 2.56 bits per heavy atom. The lowest BCUT2D eigenvalue weighted by Gasteiger charge is -2.08. The first kappa shape index (κ1) is 11.2. The Kier molecular flexibility index (Phi) is 2.76. The van der Waals surface area contributed by atoms with Crippen molar-refractivity contribution >= 4 is 22.3 Å². The molecule has 0 unspecified atom stereocenters. The predicted octanol–water partition coefficient (Wildman–Crippen LogP) is 3.23. The molecule has 1 aliphatic carbocycles. The van der Waals surface area contributed by atoms with Gasteiger partial charge in [0.05, 0.1) is 5.69 Å². The second kappa shape index (κ2) is 4.42. The minimum absolute atomic E-state index is 0.722. The van der Waals surface area contributed by atoms with Crippen LogP contribution >= 0.6 is 0 Å². The summed E-state index contributed by atoms with van der Waals surface area (Å²) in [6, 6.07) is 12.8. The molecule has 3 N–H and O–H groups in total. The number of nitrogens with two attached hydrogens (primary N) is 1. The van der Waals surface area contributed by atoms with Crippen LogP contribution in [0.4, 0.5) is 5.69 Å². The van der Waals surface area contributed by atoms with E-state index in [0.29, 0.717) is 0 Å². The highest BCUT2D eigenvalue weighted by atomic mass is 15.2. The van der Waals surface area contributed by atoms with E-state index >= 15 is 0 Å². The van der Waals surface area contributed by atoms with Gasteiger partial charge in [0, 0.05) is 5.39 Å². The van der Waals surface area contributed by atoms with Crippen molar-refractivity contribution in [2.45, 2.75) is 25.7 Å². The highest BCUT2D eigenvalue weighted by molar-refractivity contribution is 5.97. The second-order valence-corrected chi connectivity index (χ2v) is 4.84. The van der Waals surface area contributed by atoms with Crippen LogP contribution in [0.15, 0.2) is 41.4 Å². The SMILES string of the molecule is CC(=Nc1ccc(C2CC2)c2ccccc12)NN. The molecule has 0 aliphatic heterocycles. The molecule has 0 bridgehead atoms. The third-order valence-corrected chi connectivity index (χ3v) is 3.45. The maximum absolute atomic E-state index is 5.37. The summed E-state index contributed by atoms with van der Waals surface area (Å²) in [5.41, 5.74) is 5.02. The quantitative estimate of drug-likeness (QED) is 0.366. The van der Waals surface area contributed by atoms with Crippen LogP contribution in [0.2, 0.25) is 0 Å². The first-order valence-corrected chi connectivity index (χ1v) is 6.33. The molecule has 0 saturated heterocycles. The molecule has 0 aromatic heterocycles. The van der Waals surface area contributed by atoms with E-state index in [1.165, 1.54) is 29.2 Å². The number of nitrogens with one attached hydrogen (secondary N) is 1. The Morgan fingerprint density at radius 1 is 1.17 bits per heavy atom. The van der Waals surface area contributed by atoms with E-state index in [9.17, 15) is 0 Å². The van der Waals surface area contributed by atoms with Crippen molar-refractivity contribution in [1.29, 1.82) is 0 Å². The molecule has 0 radical (unpaired) electrons. The molecule has 3 heteroatoms. The molecule has 3 rings (SSSR count). The average molecular weight is 239 g/mol. The number of nitrogens with zero attached hydrogens (tertiary/aromatic N) is 1. The average Bonchev–Trinajstić information content (AvgIpc) is 3.23. The number of hydrogen-bond acceptors (Lipinski definition) is 2. The standard InChI is InChI=1S/C15H17N3/c1-10(18-16)17-15-9-8-12(11-6-7-11)13-4-2-3-5-14(13)15/h2-5,8-9,11H,6-7,16H2,1H3,(H,17,18). The molecule has 0 heterocycles. The van der Waals surface area contributed by atoms with Crippen molar-refractivity contribution in [2.75, 3.05) is 0 Å². The molecule has 1 aliphatic rings. The van der Waals surface area contributed by atoms with Crippen LogP contribution in [-0.2, 0) is 0 Å². The lowest BCUT2D eigenvalue weighted by atomic mass is 10.00. The Bertz CT molecular complexity index is 612. The summed E-state index contributed by atoms with van der Waals surface area (Å²) >= 11 is 0. The highest BCUT2D eigenvalue weighted by Gasteiger charge is 2.25. The molecule has 1 saturated carbocycles. The number of rotatable bonds is 2. The van der Waals surface area contributed by atoms with Gasteiger partial charge in [0.1, 0.15) is 5.84 Å². The van der Waals surface area contributed by atoms with Gasteiger partial charge in [0.25, 0.3) is 0 Å². The van der Waals surface area contributed by atoms with Gasteiger partial charge in [-0.05, 0) is 42.7 Å². The van der Waals surface area contributed by atoms with Gasteiger partial charge < -0.3 is 5.43 Å². The lowest BCUT2D eigenvalue weighted by molar-refractivity contribution is 1.02. The maximum Gasteiger partial charge on any atom is 0.113 e. The Labute approximate surface area is 107 Å². The molecule has 1 fully saturated rings. The summed E-state index contributed by atoms with van der Waals surface area (Å²) in [6.07, 6.45) is 2.63. The van der Waals surface area contributed by atoms with Crippen LogP contribution in [0.3, 0.4) is 0 Å². The van der Waals surface area contributed by atoms with Gasteiger partial charge in [0.15, 0.2) is 0 Å². The van der Waals surface area contributed by atoms with Crippen molar-refractivity contribution in [1.82, 2.24) is 5.43 Å². The molecule has 0 spiro atoms. The van der Waals surface area contributed by atoms with Crippen LogP contribution in [0.1, 0.15) is 31.2 Å². The Hall–Kier alpha value is -1.87. The van der Waals surface area contributed by atoms with Gasteiger partial charge in [-0.1, -0.05) is 30.3 Å². The van der Waals surface area contributed by atoms with Crippen LogP contribution in [0.5, 0.6) is 0 Å². The minimum atomic E-state index is 0.722.